The van der Waals surface area contributed by atoms with Crippen molar-refractivity contribution in [1.29, 1.82) is 0 Å². The van der Waals surface area contributed by atoms with Crippen molar-refractivity contribution in [2.45, 2.75) is 60.5 Å². The van der Waals surface area contributed by atoms with Crippen LogP contribution in [0, 0.1) is 5.41 Å². The molecule has 0 aliphatic heterocycles. The maximum atomic E-state index is 11.8. The Kier molecular flexibility index (Phi) is 14.3. The zero-order valence-corrected chi connectivity index (χ0v) is 20.2. The number of carbonyl (C=O) groups excluding carboxylic acids is 2. The van der Waals surface area contributed by atoms with Crippen LogP contribution in [0.5, 0.6) is 0 Å². The SMILES string of the molecule is CCNC(=NCCCNC(=O)OC(C)(C)C)NCCNC(=O)C(C)(C)C.I. The van der Waals surface area contributed by atoms with Crippen molar-refractivity contribution in [3.05, 3.63) is 0 Å². The van der Waals surface area contributed by atoms with Gasteiger partial charge in [-0.05, 0) is 34.1 Å². The summed E-state index contributed by atoms with van der Waals surface area (Å²) in [5.41, 5.74) is -0.882. The lowest BCUT2D eigenvalue weighted by Gasteiger charge is -2.19. The fourth-order valence-electron chi connectivity index (χ4n) is 1.74. The molecule has 0 aromatic heterocycles. The molecule has 4 N–H and O–H groups in total. The molecule has 0 radical (unpaired) electrons. The van der Waals surface area contributed by atoms with Gasteiger partial charge in [0, 0.05) is 38.1 Å². The number of aliphatic imine (C=N–C) groups is 1. The van der Waals surface area contributed by atoms with E-state index in [1.165, 1.54) is 0 Å². The molecule has 0 atom stereocenters. The summed E-state index contributed by atoms with van der Waals surface area (Å²) in [6, 6.07) is 0. The van der Waals surface area contributed by atoms with E-state index in [-0.39, 0.29) is 35.3 Å². The summed E-state index contributed by atoms with van der Waals surface area (Å²) in [5.74, 6) is 0.712. The highest BCUT2D eigenvalue weighted by Gasteiger charge is 2.20. The second-order valence-corrected chi connectivity index (χ2v) is 7.98. The quantitative estimate of drug-likeness (QED) is 0.178. The van der Waals surface area contributed by atoms with Crippen LogP contribution in [0.3, 0.4) is 0 Å². The van der Waals surface area contributed by atoms with E-state index in [1.807, 2.05) is 48.5 Å². The second-order valence-electron chi connectivity index (χ2n) is 7.98. The number of halogens is 1. The Morgan fingerprint density at radius 2 is 1.48 bits per heavy atom. The molecule has 0 heterocycles. The van der Waals surface area contributed by atoms with Gasteiger partial charge in [-0.15, -0.1) is 24.0 Å². The van der Waals surface area contributed by atoms with E-state index in [0.29, 0.717) is 38.6 Å². The fraction of sp³-hybridized carbons (Fsp3) is 0.833. The molecule has 0 aromatic rings. The maximum absolute atomic E-state index is 11.8. The van der Waals surface area contributed by atoms with Crippen LogP contribution in [-0.4, -0.2) is 56.3 Å². The predicted molar refractivity (Wildman–Crippen MR) is 121 cm³/mol. The molecule has 27 heavy (non-hydrogen) atoms. The number of amides is 2. The van der Waals surface area contributed by atoms with Crippen molar-refractivity contribution >= 4 is 41.9 Å². The van der Waals surface area contributed by atoms with Gasteiger partial charge >= 0.3 is 6.09 Å². The van der Waals surface area contributed by atoms with Crippen LogP contribution in [0.4, 0.5) is 4.79 Å². The number of nitrogens with zero attached hydrogens (tertiary/aromatic N) is 1. The minimum atomic E-state index is -0.493. The van der Waals surface area contributed by atoms with Gasteiger partial charge < -0.3 is 26.0 Å². The first-order valence-electron chi connectivity index (χ1n) is 9.23. The lowest BCUT2D eigenvalue weighted by atomic mass is 9.96. The highest BCUT2D eigenvalue weighted by atomic mass is 127. The van der Waals surface area contributed by atoms with Gasteiger partial charge in [-0.3, -0.25) is 9.79 Å². The highest BCUT2D eigenvalue weighted by molar-refractivity contribution is 14.0. The summed E-state index contributed by atoms with van der Waals surface area (Å²) in [6.07, 6.45) is 0.289. The fourth-order valence-corrected chi connectivity index (χ4v) is 1.74. The number of ether oxygens (including phenoxy) is 1. The zero-order valence-electron chi connectivity index (χ0n) is 17.8. The summed E-state index contributed by atoms with van der Waals surface area (Å²) in [6.45, 7) is 16.0. The van der Waals surface area contributed by atoms with Gasteiger partial charge in [0.15, 0.2) is 5.96 Å². The molecular formula is C18H38IN5O3. The van der Waals surface area contributed by atoms with Crippen molar-refractivity contribution in [1.82, 2.24) is 21.3 Å². The largest absolute Gasteiger partial charge is 0.444 e. The smallest absolute Gasteiger partial charge is 0.407 e. The molecule has 160 valence electrons. The van der Waals surface area contributed by atoms with Crippen molar-refractivity contribution in [3.8, 4) is 0 Å². The molecule has 0 aromatic carbocycles. The van der Waals surface area contributed by atoms with Crippen molar-refractivity contribution < 1.29 is 14.3 Å². The van der Waals surface area contributed by atoms with Crippen LogP contribution in [-0.2, 0) is 9.53 Å². The number of guanidine groups is 1. The first kappa shape index (κ1) is 28.0. The molecule has 0 unspecified atom stereocenters. The highest BCUT2D eigenvalue weighted by Crippen LogP contribution is 2.11. The summed E-state index contributed by atoms with van der Waals surface area (Å²) >= 11 is 0. The summed E-state index contributed by atoms with van der Waals surface area (Å²) in [5, 5.41) is 11.9. The molecule has 0 aliphatic carbocycles. The summed E-state index contributed by atoms with van der Waals surface area (Å²) in [4.78, 5) is 27.8. The number of hydrogen-bond acceptors (Lipinski definition) is 4. The Hall–Kier alpha value is -1.26. The average Bonchev–Trinajstić information content (AvgIpc) is 2.47. The Bertz CT molecular complexity index is 471. The van der Waals surface area contributed by atoms with Gasteiger partial charge in [-0.2, -0.15) is 0 Å². The molecule has 0 fully saturated rings. The van der Waals surface area contributed by atoms with Crippen molar-refractivity contribution in [2.75, 3.05) is 32.7 Å². The summed E-state index contributed by atoms with van der Waals surface area (Å²) < 4.78 is 5.17. The lowest BCUT2D eigenvalue weighted by Crippen LogP contribution is -2.43. The van der Waals surface area contributed by atoms with Crippen LogP contribution in [0.2, 0.25) is 0 Å². The standard InChI is InChI=1S/C18H37N5O3.HI/c1-8-19-15(22-13-12-20-14(24)17(2,3)4)21-10-9-11-23-16(25)26-18(5,6)7;/h8-13H2,1-7H3,(H,20,24)(H,23,25)(H2,19,21,22);1H. The van der Waals surface area contributed by atoms with Crippen molar-refractivity contribution in [3.63, 3.8) is 0 Å². The van der Waals surface area contributed by atoms with E-state index < -0.39 is 11.7 Å². The van der Waals surface area contributed by atoms with Gasteiger partial charge in [0.2, 0.25) is 5.91 Å². The molecule has 0 saturated carbocycles. The Labute approximate surface area is 181 Å². The van der Waals surface area contributed by atoms with Gasteiger partial charge in [-0.1, -0.05) is 20.8 Å². The minimum Gasteiger partial charge on any atom is -0.444 e. The number of carbonyl (C=O) groups is 2. The predicted octanol–water partition coefficient (Wildman–Crippen LogP) is 2.24. The Morgan fingerprint density at radius 1 is 0.889 bits per heavy atom. The molecular weight excluding hydrogens is 461 g/mol. The van der Waals surface area contributed by atoms with Gasteiger partial charge in [0.1, 0.15) is 5.60 Å². The molecule has 8 nitrogen and oxygen atoms in total. The molecule has 9 heteroatoms. The molecule has 0 saturated heterocycles. The number of rotatable bonds is 8. The Morgan fingerprint density at radius 3 is 2.00 bits per heavy atom. The van der Waals surface area contributed by atoms with Crippen molar-refractivity contribution in [2.24, 2.45) is 10.4 Å². The number of hydrogen-bond donors (Lipinski definition) is 4. The third kappa shape index (κ3) is 16.6. The lowest BCUT2D eigenvalue weighted by molar-refractivity contribution is -0.128. The van der Waals surface area contributed by atoms with E-state index in [4.69, 9.17) is 4.74 Å². The normalized spacial score (nSPS) is 11.9. The average molecular weight is 499 g/mol. The van der Waals surface area contributed by atoms with Crippen LogP contribution in [0.15, 0.2) is 4.99 Å². The van der Waals surface area contributed by atoms with Gasteiger partial charge in [-0.25, -0.2) is 4.79 Å². The Balaban J connectivity index is 0. The minimum absolute atomic E-state index is 0. The van der Waals surface area contributed by atoms with E-state index >= 15 is 0 Å². The zero-order chi connectivity index (χ0) is 20.2. The molecule has 0 aliphatic rings. The monoisotopic (exact) mass is 499 g/mol. The third-order valence-electron chi connectivity index (χ3n) is 3.00. The van der Waals surface area contributed by atoms with Crippen LogP contribution in [0.1, 0.15) is 54.9 Å². The van der Waals surface area contributed by atoms with E-state index in [0.717, 1.165) is 6.54 Å². The number of nitrogens with one attached hydrogen (secondary N) is 4. The molecule has 0 spiro atoms. The third-order valence-corrected chi connectivity index (χ3v) is 3.00. The molecule has 2 amide bonds. The second kappa shape index (κ2) is 13.8. The first-order valence-corrected chi connectivity index (χ1v) is 9.23. The van der Waals surface area contributed by atoms with Gasteiger partial charge in [0.25, 0.3) is 0 Å². The molecule has 0 bridgehead atoms. The van der Waals surface area contributed by atoms with E-state index in [1.54, 1.807) is 0 Å². The summed E-state index contributed by atoms with van der Waals surface area (Å²) in [7, 11) is 0. The first-order chi connectivity index (χ1) is 12.0. The number of alkyl carbamates (subject to hydrolysis) is 1. The maximum Gasteiger partial charge on any atom is 0.407 e. The van der Waals surface area contributed by atoms with Crippen LogP contribution < -0.4 is 21.3 Å². The van der Waals surface area contributed by atoms with Crippen LogP contribution in [0.25, 0.3) is 0 Å². The van der Waals surface area contributed by atoms with Crippen LogP contribution >= 0.6 is 24.0 Å². The van der Waals surface area contributed by atoms with E-state index in [9.17, 15) is 9.59 Å². The van der Waals surface area contributed by atoms with E-state index in [2.05, 4.69) is 26.3 Å². The topological polar surface area (TPSA) is 104 Å². The molecule has 0 rings (SSSR count). The van der Waals surface area contributed by atoms with Gasteiger partial charge in [0.05, 0.1) is 0 Å².